The Morgan fingerprint density at radius 1 is 1.23 bits per heavy atom. The van der Waals surface area contributed by atoms with E-state index in [0.29, 0.717) is 5.76 Å². The monoisotopic (exact) mass is 178 g/mol. The lowest BCUT2D eigenvalue weighted by atomic mass is 10.2. The Morgan fingerprint density at radius 2 is 2.00 bits per heavy atom. The van der Waals surface area contributed by atoms with Gasteiger partial charge in [0.2, 0.25) is 0 Å². The fraction of sp³-hybridized carbons (Fsp3) is 0.200. The Morgan fingerprint density at radius 3 is 2.62 bits per heavy atom. The number of hydrogen-bond donors (Lipinski definition) is 1. The molecule has 0 aliphatic carbocycles. The van der Waals surface area contributed by atoms with Gasteiger partial charge in [-0.05, 0) is 0 Å². The highest BCUT2D eigenvalue weighted by Gasteiger charge is 2.19. The second-order valence-electron chi connectivity index (χ2n) is 2.74. The minimum absolute atomic E-state index is 0.122. The molecule has 1 unspecified atom stereocenters. The molecule has 1 aromatic carbocycles. The molecule has 1 atom stereocenters. The number of benzene rings is 1. The SMILES string of the molecule is OCC1=COC(c2ccccc2)O1. The lowest BCUT2D eigenvalue weighted by molar-refractivity contribution is -0.0393. The summed E-state index contributed by atoms with van der Waals surface area (Å²) >= 11 is 0. The van der Waals surface area contributed by atoms with Crippen LogP contribution in [0, 0.1) is 0 Å². The molecule has 68 valence electrons. The third-order valence-corrected chi connectivity index (χ3v) is 1.81. The first-order valence-corrected chi connectivity index (χ1v) is 4.07. The normalized spacial score (nSPS) is 20.4. The molecule has 0 saturated carbocycles. The molecular formula is C10H10O3. The molecule has 1 N–H and O–H groups in total. The van der Waals surface area contributed by atoms with Crippen LogP contribution in [0.15, 0.2) is 42.4 Å². The van der Waals surface area contributed by atoms with Gasteiger partial charge in [-0.15, -0.1) is 0 Å². The second-order valence-corrected chi connectivity index (χ2v) is 2.74. The van der Waals surface area contributed by atoms with Crippen molar-refractivity contribution in [1.82, 2.24) is 0 Å². The van der Waals surface area contributed by atoms with Gasteiger partial charge in [0.1, 0.15) is 12.9 Å². The quantitative estimate of drug-likeness (QED) is 0.747. The summed E-state index contributed by atoms with van der Waals surface area (Å²) in [5.74, 6) is 0.467. The number of aliphatic hydroxyl groups excluding tert-OH is 1. The van der Waals surface area contributed by atoms with Crippen molar-refractivity contribution >= 4 is 0 Å². The van der Waals surface area contributed by atoms with Gasteiger partial charge in [0.25, 0.3) is 6.29 Å². The van der Waals surface area contributed by atoms with Crippen LogP contribution in [-0.4, -0.2) is 11.7 Å². The zero-order chi connectivity index (χ0) is 9.10. The summed E-state index contributed by atoms with van der Waals surface area (Å²) in [7, 11) is 0. The van der Waals surface area contributed by atoms with Gasteiger partial charge in [-0.1, -0.05) is 30.3 Å². The summed E-state index contributed by atoms with van der Waals surface area (Å²) in [5, 5.41) is 8.76. The van der Waals surface area contributed by atoms with Crippen molar-refractivity contribution in [1.29, 1.82) is 0 Å². The summed E-state index contributed by atoms with van der Waals surface area (Å²) in [6.45, 7) is -0.122. The molecule has 2 rings (SSSR count). The molecule has 1 aliphatic rings. The van der Waals surface area contributed by atoms with E-state index in [-0.39, 0.29) is 6.61 Å². The molecular weight excluding hydrogens is 168 g/mol. The molecule has 0 amide bonds. The van der Waals surface area contributed by atoms with E-state index in [1.807, 2.05) is 30.3 Å². The van der Waals surface area contributed by atoms with Gasteiger partial charge in [-0.2, -0.15) is 0 Å². The van der Waals surface area contributed by atoms with Crippen LogP contribution in [0.25, 0.3) is 0 Å². The third kappa shape index (κ3) is 1.65. The van der Waals surface area contributed by atoms with E-state index >= 15 is 0 Å². The van der Waals surface area contributed by atoms with Gasteiger partial charge in [0, 0.05) is 5.56 Å². The van der Waals surface area contributed by atoms with Crippen LogP contribution in [0.5, 0.6) is 0 Å². The van der Waals surface area contributed by atoms with Crippen molar-refractivity contribution in [3.8, 4) is 0 Å². The van der Waals surface area contributed by atoms with Crippen LogP contribution >= 0.6 is 0 Å². The van der Waals surface area contributed by atoms with E-state index in [2.05, 4.69) is 0 Å². The van der Waals surface area contributed by atoms with Crippen molar-refractivity contribution in [2.75, 3.05) is 6.61 Å². The second kappa shape index (κ2) is 3.49. The first-order valence-electron chi connectivity index (χ1n) is 4.07. The molecule has 13 heavy (non-hydrogen) atoms. The lowest BCUT2D eigenvalue weighted by Crippen LogP contribution is -1.99. The van der Waals surface area contributed by atoms with Gasteiger partial charge in [0.15, 0.2) is 5.76 Å². The Kier molecular flexibility index (Phi) is 2.19. The number of ether oxygens (including phenoxy) is 2. The van der Waals surface area contributed by atoms with Crippen molar-refractivity contribution in [2.24, 2.45) is 0 Å². The van der Waals surface area contributed by atoms with Gasteiger partial charge in [-0.25, -0.2) is 0 Å². The fourth-order valence-corrected chi connectivity index (χ4v) is 1.16. The minimum Gasteiger partial charge on any atom is -0.455 e. The molecule has 0 aromatic heterocycles. The first kappa shape index (κ1) is 8.13. The van der Waals surface area contributed by atoms with Gasteiger partial charge in [0.05, 0.1) is 0 Å². The van der Waals surface area contributed by atoms with Gasteiger partial charge < -0.3 is 14.6 Å². The molecule has 0 spiro atoms. The maximum atomic E-state index is 8.76. The summed E-state index contributed by atoms with van der Waals surface area (Å²) in [6, 6.07) is 9.59. The molecule has 1 aliphatic heterocycles. The van der Waals surface area contributed by atoms with Crippen LogP contribution < -0.4 is 0 Å². The lowest BCUT2D eigenvalue weighted by Gasteiger charge is -2.10. The number of hydrogen-bond acceptors (Lipinski definition) is 3. The largest absolute Gasteiger partial charge is 0.455 e. The highest BCUT2D eigenvalue weighted by Crippen LogP contribution is 2.27. The maximum Gasteiger partial charge on any atom is 0.266 e. The molecule has 3 heteroatoms. The van der Waals surface area contributed by atoms with E-state index in [4.69, 9.17) is 14.6 Å². The summed E-state index contributed by atoms with van der Waals surface area (Å²) in [5.41, 5.74) is 0.946. The Hall–Kier alpha value is -1.48. The van der Waals surface area contributed by atoms with Crippen molar-refractivity contribution in [3.05, 3.63) is 47.9 Å². The van der Waals surface area contributed by atoms with Crippen LogP contribution in [0.1, 0.15) is 11.9 Å². The summed E-state index contributed by atoms with van der Waals surface area (Å²) < 4.78 is 10.5. The molecule has 0 bridgehead atoms. The topological polar surface area (TPSA) is 38.7 Å². The first-order chi connectivity index (χ1) is 6.40. The Bertz CT molecular complexity index is 305. The van der Waals surface area contributed by atoms with Crippen molar-refractivity contribution in [2.45, 2.75) is 6.29 Å². The predicted octanol–water partition coefficient (Wildman–Crippen LogP) is 1.57. The average Bonchev–Trinajstić information content (AvgIpc) is 2.67. The van der Waals surface area contributed by atoms with Gasteiger partial charge in [-0.3, -0.25) is 0 Å². The third-order valence-electron chi connectivity index (χ3n) is 1.81. The van der Waals surface area contributed by atoms with E-state index in [9.17, 15) is 0 Å². The fourth-order valence-electron chi connectivity index (χ4n) is 1.16. The highest BCUT2D eigenvalue weighted by atomic mass is 16.7. The molecule has 0 saturated heterocycles. The number of rotatable bonds is 2. The van der Waals surface area contributed by atoms with Crippen LogP contribution in [0.3, 0.4) is 0 Å². The zero-order valence-electron chi connectivity index (χ0n) is 7.01. The molecule has 1 aromatic rings. The minimum atomic E-state index is -0.400. The van der Waals surface area contributed by atoms with Crippen LogP contribution in [-0.2, 0) is 9.47 Å². The summed E-state index contributed by atoms with van der Waals surface area (Å²) in [4.78, 5) is 0. The van der Waals surface area contributed by atoms with Crippen LogP contribution in [0.4, 0.5) is 0 Å². The van der Waals surface area contributed by atoms with E-state index in [0.717, 1.165) is 5.56 Å². The average molecular weight is 178 g/mol. The van der Waals surface area contributed by atoms with Crippen molar-refractivity contribution < 1.29 is 14.6 Å². The molecule has 1 heterocycles. The zero-order valence-corrected chi connectivity index (χ0v) is 7.01. The van der Waals surface area contributed by atoms with E-state index < -0.39 is 6.29 Å². The highest BCUT2D eigenvalue weighted by molar-refractivity contribution is 5.17. The number of aliphatic hydroxyl groups is 1. The molecule has 3 nitrogen and oxygen atoms in total. The van der Waals surface area contributed by atoms with Crippen LogP contribution in [0.2, 0.25) is 0 Å². The van der Waals surface area contributed by atoms with Crippen molar-refractivity contribution in [3.63, 3.8) is 0 Å². The smallest absolute Gasteiger partial charge is 0.266 e. The Labute approximate surface area is 76.2 Å². The molecule has 0 fully saturated rings. The van der Waals surface area contributed by atoms with E-state index in [1.54, 1.807) is 0 Å². The predicted molar refractivity (Wildman–Crippen MR) is 46.5 cm³/mol. The summed E-state index contributed by atoms with van der Waals surface area (Å²) in [6.07, 6.45) is 1.04. The van der Waals surface area contributed by atoms with E-state index in [1.165, 1.54) is 6.26 Å². The standard InChI is InChI=1S/C10H10O3/c11-6-9-7-12-10(13-9)8-4-2-1-3-5-8/h1-5,7,10-11H,6H2. The maximum absolute atomic E-state index is 8.76. The Balaban J connectivity index is 2.07. The molecule has 0 radical (unpaired) electrons. The van der Waals surface area contributed by atoms with Gasteiger partial charge >= 0.3 is 0 Å².